The number of ether oxygens (including phenoxy) is 4. The Kier molecular flexibility index (Phi) is 7.54. The van der Waals surface area contributed by atoms with Crippen LogP contribution in [0, 0.1) is 0 Å². The zero-order valence-corrected chi connectivity index (χ0v) is 17.3. The largest absolute Gasteiger partial charge is 0.493 e. The number of rotatable bonds is 9. The fourth-order valence-corrected chi connectivity index (χ4v) is 3.18. The van der Waals surface area contributed by atoms with E-state index in [9.17, 15) is 9.59 Å². The van der Waals surface area contributed by atoms with E-state index >= 15 is 0 Å². The lowest BCUT2D eigenvalue weighted by Crippen LogP contribution is -2.35. The Balaban J connectivity index is 1.54. The highest BCUT2D eigenvalue weighted by atomic mass is 16.5. The summed E-state index contributed by atoms with van der Waals surface area (Å²) in [6.07, 6.45) is 2.61. The highest BCUT2D eigenvalue weighted by molar-refractivity contribution is 5.92. The predicted molar refractivity (Wildman–Crippen MR) is 111 cm³/mol. The molecule has 2 aromatic carbocycles. The highest BCUT2D eigenvalue weighted by Crippen LogP contribution is 2.31. The quantitative estimate of drug-likeness (QED) is 0.499. The summed E-state index contributed by atoms with van der Waals surface area (Å²) in [5, 5.41) is 2.90. The molecule has 1 aliphatic heterocycles. The molecule has 0 fully saturated rings. The lowest BCUT2D eigenvalue weighted by atomic mass is 10.0. The van der Waals surface area contributed by atoms with Crippen molar-refractivity contribution in [3.63, 3.8) is 0 Å². The Bertz CT molecular complexity index is 882. The summed E-state index contributed by atoms with van der Waals surface area (Å²) in [5.74, 6) is 0.814. The second-order valence-corrected chi connectivity index (χ2v) is 6.94. The molecule has 1 N–H and O–H groups in total. The van der Waals surface area contributed by atoms with E-state index in [4.69, 9.17) is 18.9 Å². The van der Waals surface area contributed by atoms with Crippen LogP contribution < -0.4 is 19.5 Å². The van der Waals surface area contributed by atoms with Crippen molar-refractivity contribution in [1.82, 2.24) is 5.32 Å². The molecule has 0 aromatic heterocycles. The third-order valence-electron chi connectivity index (χ3n) is 4.78. The monoisotopic (exact) mass is 413 g/mol. The van der Waals surface area contributed by atoms with Gasteiger partial charge in [-0.2, -0.15) is 0 Å². The fraction of sp³-hybridized carbons (Fsp3) is 0.391. The molecule has 1 unspecified atom stereocenters. The number of para-hydroxylation sites is 1. The Morgan fingerprint density at radius 1 is 1.17 bits per heavy atom. The van der Waals surface area contributed by atoms with Crippen LogP contribution >= 0.6 is 0 Å². The van der Waals surface area contributed by atoms with Gasteiger partial charge in [-0.25, -0.2) is 4.79 Å². The van der Waals surface area contributed by atoms with E-state index in [1.807, 2.05) is 24.3 Å². The number of carbonyl (C=O) groups is 2. The maximum atomic E-state index is 12.4. The van der Waals surface area contributed by atoms with Crippen LogP contribution in [0.3, 0.4) is 0 Å². The molecular formula is C23H27NO6. The van der Waals surface area contributed by atoms with Gasteiger partial charge >= 0.3 is 5.97 Å². The normalized spacial score (nSPS) is 14.8. The minimum Gasteiger partial charge on any atom is -0.493 e. The van der Waals surface area contributed by atoms with E-state index in [0.717, 1.165) is 24.2 Å². The molecule has 0 spiro atoms. The molecule has 1 aliphatic rings. The van der Waals surface area contributed by atoms with Gasteiger partial charge in [-0.1, -0.05) is 31.5 Å². The lowest BCUT2D eigenvalue weighted by Gasteiger charge is -2.26. The maximum absolute atomic E-state index is 12.4. The molecule has 7 heteroatoms. The molecule has 0 saturated heterocycles. The number of hydrogen-bond acceptors (Lipinski definition) is 6. The van der Waals surface area contributed by atoms with Gasteiger partial charge < -0.3 is 24.3 Å². The van der Waals surface area contributed by atoms with Gasteiger partial charge in [0.25, 0.3) is 5.91 Å². The zero-order chi connectivity index (χ0) is 21.3. The van der Waals surface area contributed by atoms with Gasteiger partial charge in [-0.3, -0.25) is 4.79 Å². The van der Waals surface area contributed by atoms with Gasteiger partial charge in [0.15, 0.2) is 18.1 Å². The van der Waals surface area contributed by atoms with Crippen molar-refractivity contribution in [2.24, 2.45) is 0 Å². The third-order valence-corrected chi connectivity index (χ3v) is 4.78. The highest BCUT2D eigenvalue weighted by Gasteiger charge is 2.23. The number of nitrogens with one attached hydrogen (secondary N) is 1. The van der Waals surface area contributed by atoms with Gasteiger partial charge in [0.1, 0.15) is 5.75 Å². The number of unbranched alkanes of at least 4 members (excludes halogenated alkanes) is 1. The molecule has 7 nitrogen and oxygen atoms in total. The SMILES string of the molecule is CCCCOc1ccc(C(=O)OCC(=O)NC2CCOc3ccccc32)cc1OC. The van der Waals surface area contributed by atoms with Crippen LogP contribution in [0.15, 0.2) is 42.5 Å². The Morgan fingerprint density at radius 3 is 2.80 bits per heavy atom. The van der Waals surface area contributed by atoms with Crippen LogP contribution in [0.1, 0.15) is 48.1 Å². The summed E-state index contributed by atoms with van der Waals surface area (Å²) < 4.78 is 21.7. The molecule has 3 rings (SSSR count). The number of methoxy groups -OCH3 is 1. The van der Waals surface area contributed by atoms with Crippen molar-refractivity contribution in [3.8, 4) is 17.2 Å². The van der Waals surface area contributed by atoms with E-state index < -0.39 is 5.97 Å². The maximum Gasteiger partial charge on any atom is 0.338 e. The van der Waals surface area contributed by atoms with E-state index in [1.165, 1.54) is 7.11 Å². The zero-order valence-electron chi connectivity index (χ0n) is 17.3. The predicted octanol–water partition coefficient (Wildman–Crippen LogP) is 3.67. The smallest absolute Gasteiger partial charge is 0.338 e. The second-order valence-electron chi connectivity index (χ2n) is 6.94. The van der Waals surface area contributed by atoms with Crippen molar-refractivity contribution >= 4 is 11.9 Å². The van der Waals surface area contributed by atoms with Crippen molar-refractivity contribution < 1.29 is 28.5 Å². The molecule has 0 saturated carbocycles. The first-order valence-corrected chi connectivity index (χ1v) is 10.1. The minimum absolute atomic E-state index is 0.166. The van der Waals surface area contributed by atoms with Gasteiger partial charge in [0.05, 0.1) is 31.9 Å². The summed E-state index contributed by atoms with van der Waals surface area (Å²) in [6, 6.07) is 12.2. The van der Waals surface area contributed by atoms with Crippen LogP contribution in [-0.4, -0.2) is 38.8 Å². The summed E-state index contributed by atoms with van der Waals surface area (Å²) in [7, 11) is 1.51. The molecule has 0 bridgehead atoms. The van der Waals surface area contributed by atoms with E-state index in [0.29, 0.717) is 36.7 Å². The van der Waals surface area contributed by atoms with Crippen LogP contribution in [-0.2, 0) is 9.53 Å². The fourth-order valence-electron chi connectivity index (χ4n) is 3.18. The number of esters is 1. The molecule has 30 heavy (non-hydrogen) atoms. The molecule has 1 amide bonds. The number of benzene rings is 2. The summed E-state index contributed by atoms with van der Waals surface area (Å²) in [6.45, 7) is 2.81. The second kappa shape index (κ2) is 10.5. The summed E-state index contributed by atoms with van der Waals surface area (Å²) in [4.78, 5) is 24.7. The molecule has 1 heterocycles. The number of hydrogen-bond donors (Lipinski definition) is 1. The first-order valence-electron chi connectivity index (χ1n) is 10.1. The average Bonchev–Trinajstić information content (AvgIpc) is 2.78. The Morgan fingerprint density at radius 2 is 2.00 bits per heavy atom. The molecular weight excluding hydrogens is 386 g/mol. The number of amides is 1. The Labute approximate surface area is 176 Å². The first kappa shape index (κ1) is 21.5. The topological polar surface area (TPSA) is 83.1 Å². The van der Waals surface area contributed by atoms with Crippen LogP contribution in [0.25, 0.3) is 0 Å². The molecule has 0 radical (unpaired) electrons. The van der Waals surface area contributed by atoms with Gasteiger partial charge in [0, 0.05) is 12.0 Å². The van der Waals surface area contributed by atoms with Crippen molar-refractivity contribution in [2.75, 3.05) is 26.9 Å². The summed E-state index contributed by atoms with van der Waals surface area (Å²) in [5.41, 5.74) is 1.21. The van der Waals surface area contributed by atoms with E-state index in [2.05, 4.69) is 12.2 Å². The molecule has 2 aromatic rings. The van der Waals surface area contributed by atoms with E-state index in [1.54, 1.807) is 18.2 Å². The van der Waals surface area contributed by atoms with Gasteiger partial charge in [0.2, 0.25) is 0 Å². The molecule has 160 valence electrons. The lowest BCUT2D eigenvalue weighted by molar-refractivity contribution is -0.125. The van der Waals surface area contributed by atoms with Crippen molar-refractivity contribution in [3.05, 3.63) is 53.6 Å². The third kappa shape index (κ3) is 5.43. The first-order chi connectivity index (χ1) is 14.6. The summed E-state index contributed by atoms with van der Waals surface area (Å²) >= 11 is 0. The Hall–Kier alpha value is -3.22. The average molecular weight is 413 g/mol. The number of carbonyl (C=O) groups excluding carboxylic acids is 2. The van der Waals surface area contributed by atoms with Crippen molar-refractivity contribution in [2.45, 2.75) is 32.2 Å². The van der Waals surface area contributed by atoms with Crippen LogP contribution in [0.4, 0.5) is 0 Å². The molecule has 1 atom stereocenters. The minimum atomic E-state index is -0.601. The van der Waals surface area contributed by atoms with Crippen molar-refractivity contribution in [1.29, 1.82) is 0 Å². The van der Waals surface area contributed by atoms with Crippen LogP contribution in [0.2, 0.25) is 0 Å². The van der Waals surface area contributed by atoms with Gasteiger partial charge in [-0.05, 0) is 30.7 Å². The van der Waals surface area contributed by atoms with Gasteiger partial charge in [-0.15, -0.1) is 0 Å². The molecule has 0 aliphatic carbocycles. The standard InChI is InChI=1S/C23H27NO6/c1-3-4-12-28-20-10-9-16(14-21(20)27-2)23(26)30-15-22(25)24-18-11-13-29-19-8-6-5-7-17(18)19/h5-10,14,18H,3-4,11-13,15H2,1-2H3,(H,24,25). The van der Waals surface area contributed by atoms with E-state index in [-0.39, 0.29) is 18.6 Å². The number of fused-ring (bicyclic) bond motifs is 1. The van der Waals surface area contributed by atoms with Crippen LogP contribution in [0.5, 0.6) is 17.2 Å².